The number of imidazole rings is 1. The summed E-state index contributed by atoms with van der Waals surface area (Å²) in [6, 6.07) is 7.55. The van der Waals surface area contributed by atoms with E-state index in [4.69, 9.17) is 11.6 Å². The van der Waals surface area contributed by atoms with Crippen molar-refractivity contribution in [1.29, 1.82) is 0 Å². The molecule has 11 heteroatoms. The van der Waals surface area contributed by atoms with Crippen molar-refractivity contribution < 1.29 is 22.0 Å². The lowest BCUT2D eigenvalue weighted by Crippen LogP contribution is -2.31. The summed E-state index contributed by atoms with van der Waals surface area (Å²) < 4.78 is 56.4. The van der Waals surface area contributed by atoms with Gasteiger partial charge < -0.3 is 4.57 Å². The zero-order valence-corrected chi connectivity index (χ0v) is 17.8. The monoisotopic (exact) mass is 537 g/mol. The normalized spacial score (nSPS) is 11.5. The number of aryl methyl sites for hydroxylation is 1. The molecule has 0 atom stereocenters. The summed E-state index contributed by atoms with van der Waals surface area (Å²) in [5.74, 6) is -2.92. The zero-order valence-electron chi connectivity index (χ0n) is 14.1. The Balaban J connectivity index is 1.95. The molecule has 1 heterocycles. The quantitative estimate of drug-likeness (QED) is 0.514. The average Bonchev–Trinajstić information content (AvgIpc) is 2.98. The zero-order chi connectivity index (χ0) is 20.6. The van der Waals surface area contributed by atoms with E-state index in [1.807, 2.05) is 4.72 Å². The van der Waals surface area contributed by atoms with Gasteiger partial charge in [-0.2, -0.15) is 0 Å². The van der Waals surface area contributed by atoms with Crippen LogP contribution in [0.2, 0.25) is 5.02 Å². The number of nitrogens with zero attached hydrogens (tertiary/aromatic N) is 2. The molecule has 0 aliphatic carbocycles. The SMILES string of the molecule is Cn1cc(C(=O)NS(=O)(=O)c2cccc(Cl)c2I)nc1-c1c(F)cccc1F. The molecule has 0 aliphatic heterocycles. The van der Waals surface area contributed by atoms with Crippen molar-refractivity contribution in [1.82, 2.24) is 14.3 Å². The second-order valence-corrected chi connectivity index (χ2v) is 8.78. The molecule has 0 saturated heterocycles. The number of sulfonamides is 1. The number of carbonyl (C=O) groups excluding carboxylic acids is 1. The molecule has 0 spiro atoms. The molecule has 0 saturated carbocycles. The molecule has 0 unspecified atom stereocenters. The largest absolute Gasteiger partial charge is 0.333 e. The van der Waals surface area contributed by atoms with Crippen LogP contribution in [0.15, 0.2) is 47.5 Å². The van der Waals surface area contributed by atoms with E-state index in [1.165, 1.54) is 42.1 Å². The van der Waals surface area contributed by atoms with E-state index >= 15 is 0 Å². The molecule has 3 aromatic rings. The van der Waals surface area contributed by atoms with Crippen LogP contribution in [-0.2, 0) is 17.1 Å². The molecule has 6 nitrogen and oxygen atoms in total. The van der Waals surface area contributed by atoms with Crippen LogP contribution in [-0.4, -0.2) is 23.9 Å². The molecular formula is C17H11ClF2IN3O3S. The summed E-state index contributed by atoms with van der Waals surface area (Å²) in [6.07, 6.45) is 1.18. The van der Waals surface area contributed by atoms with Crippen LogP contribution in [0.1, 0.15) is 10.5 Å². The molecule has 2 aromatic carbocycles. The summed E-state index contributed by atoms with van der Waals surface area (Å²) in [4.78, 5) is 16.1. The lowest BCUT2D eigenvalue weighted by molar-refractivity contribution is 0.0977. The summed E-state index contributed by atoms with van der Waals surface area (Å²) in [6.45, 7) is 0. The smallest absolute Gasteiger partial charge is 0.285 e. The Kier molecular flexibility index (Phi) is 5.73. The van der Waals surface area contributed by atoms with Gasteiger partial charge in [0.05, 0.1) is 14.2 Å². The molecule has 1 N–H and O–H groups in total. The number of nitrogens with one attached hydrogen (secondary N) is 1. The van der Waals surface area contributed by atoms with Gasteiger partial charge in [-0.05, 0) is 46.9 Å². The van der Waals surface area contributed by atoms with Crippen LogP contribution in [0.5, 0.6) is 0 Å². The topological polar surface area (TPSA) is 81.1 Å². The number of rotatable bonds is 4. The number of amides is 1. The van der Waals surface area contributed by atoms with Crippen molar-refractivity contribution in [2.45, 2.75) is 4.90 Å². The van der Waals surface area contributed by atoms with Crippen LogP contribution in [0.4, 0.5) is 8.78 Å². The maximum absolute atomic E-state index is 14.0. The van der Waals surface area contributed by atoms with Crippen molar-refractivity contribution in [3.8, 4) is 11.4 Å². The highest BCUT2D eigenvalue weighted by Gasteiger charge is 2.25. The Bertz CT molecular complexity index is 1180. The third kappa shape index (κ3) is 3.89. The van der Waals surface area contributed by atoms with Gasteiger partial charge in [-0.15, -0.1) is 0 Å². The van der Waals surface area contributed by atoms with Gasteiger partial charge in [-0.3, -0.25) is 4.79 Å². The molecule has 1 amide bonds. The fourth-order valence-corrected chi connectivity index (χ4v) is 4.96. The summed E-state index contributed by atoms with van der Waals surface area (Å²) >= 11 is 7.67. The van der Waals surface area contributed by atoms with Crippen LogP contribution in [0.25, 0.3) is 11.4 Å². The van der Waals surface area contributed by atoms with Gasteiger partial charge in [0, 0.05) is 13.2 Å². The lowest BCUT2D eigenvalue weighted by Gasteiger charge is -2.08. The van der Waals surface area contributed by atoms with Crippen LogP contribution in [0.3, 0.4) is 0 Å². The molecule has 0 aliphatic rings. The molecule has 0 fully saturated rings. The fraction of sp³-hybridized carbons (Fsp3) is 0.0588. The highest BCUT2D eigenvalue weighted by atomic mass is 127. The predicted molar refractivity (Wildman–Crippen MR) is 107 cm³/mol. The van der Waals surface area contributed by atoms with Gasteiger partial charge in [0.15, 0.2) is 0 Å². The van der Waals surface area contributed by atoms with Gasteiger partial charge in [0.2, 0.25) is 0 Å². The van der Waals surface area contributed by atoms with Crippen molar-refractivity contribution in [2.24, 2.45) is 7.05 Å². The molecule has 0 bridgehead atoms. The van der Waals surface area contributed by atoms with Gasteiger partial charge in [-0.1, -0.05) is 23.7 Å². The highest BCUT2D eigenvalue weighted by molar-refractivity contribution is 14.1. The summed E-state index contributed by atoms with van der Waals surface area (Å²) in [5, 5.41) is 0.214. The highest BCUT2D eigenvalue weighted by Crippen LogP contribution is 2.27. The number of benzene rings is 2. The van der Waals surface area contributed by atoms with Crippen LogP contribution < -0.4 is 4.72 Å². The minimum atomic E-state index is -4.23. The molecule has 0 radical (unpaired) electrons. The minimum Gasteiger partial charge on any atom is -0.333 e. The number of aromatic nitrogens is 2. The van der Waals surface area contributed by atoms with Gasteiger partial charge in [-0.25, -0.2) is 26.9 Å². The van der Waals surface area contributed by atoms with E-state index in [-0.39, 0.29) is 25.0 Å². The van der Waals surface area contributed by atoms with Crippen LogP contribution >= 0.6 is 34.2 Å². The number of carbonyl (C=O) groups is 1. The predicted octanol–water partition coefficient (Wildman–Crippen LogP) is 3.74. The van der Waals surface area contributed by atoms with Gasteiger partial charge >= 0.3 is 0 Å². The lowest BCUT2D eigenvalue weighted by atomic mass is 10.2. The average molecular weight is 538 g/mol. The number of hydrogen-bond donors (Lipinski definition) is 1. The maximum atomic E-state index is 14.0. The Morgan fingerprint density at radius 3 is 2.43 bits per heavy atom. The van der Waals surface area contributed by atoms with E-state index in [0.717, 1.165) is 12.1 Å². The minimum absolute atomic E-state index is 0.157. The van der Waals surface area contributed by atoms with E-state index in [1.54, 1.807) is 22.6 Å². The van der Waals surface area contributed by atoms with E-state index < -0.39 is 33.1 Å². The third-order valence-corrected chi connectivity index (χ3v) is 7.26. The fourth-order valence-electron chi connectivity index (χ4n) is 2.44. The van der Waals surface area contributed by atoms with Crippen molar-refractivity contribution in [3.05, 3.63) is 68.5 Å². The third-order valence-electron chi connectivity index (χ3n) is 3.73. The second kappa shape index (κ2) is 7.76. The Morgan fingerprint density at radius 2 is 1.79 bits per heavy atom. The Hall–Kier alpha value is -2.05. The van der Waals surface area contributed by atoms with E-state index in [0.29, 0.717) is 0 Å². The van der Waals surface area contributed by atoms with Gasteiger partial charge in [0.25, 0.3) is 15.9 Å². The van der Waals surface area contributed by atoms with Crippen molar-refractivity contribution in [3.63, 3.8) is 0 Å². The molecule has 28 heavy (non-hydrogen) atoms. The Morgan fingerprint density at radius 1 is 1.18 bits per heavy atom. The maximum Gasteiger partial charge on any atom is 0.285 e. The van der Waals surface area contributed by atoms with E-state index in [2.05, 4.69) is 4.98 Å². The number of hydrogen-bond acceptors (Lipinski definition) is 4. The first-order chi connectivity index (χ1) is 13.1. The first kappa shape index (κ1) is 20.7. The second-order valence-electron chi connectivity index (χ2n) is 5.64. The molecule has 1 aromatic heterocycles. The number of halogens is 4. The first-order valence-corrected chi connectivity index (χ1v) is 10.5. The summed E-state index contributed by atoms with van der Waals surface area (Å²) in [5.41, 5.74) is -0.739. The van der Waals surface area contributed by atoms with E-state index in [9.17, 15) is 22.0 Å². The summed E-state index contributed by atoms with van der Waals surface area (Å²) in [7, 11) is -2.80. The molecule has 146 valence electrons. The molecule has 3 rings (SSSR count). The van der Waals surface area contributed by atoms with Crippen molar-refractivity contribution in [2.75, 3.05) is 0 Å². The first-order valence-electron chi connectivity index (χ1n) is 7.60. The van der Waals surface area contributed by atoms with Gasteiger partial charge in [0.1, 0.15) is 28.0 Å². The van der Waals surface area contributed by atoms with Crippen LogP contribution in [0, 0.1) is 15.2 Å². The standard InChI is InChI=1S/C17H11ClF2IN3O3S/c1-24-8-12(22-16(24)14-10(19)5-3-6-11(14)20)17(25)23-28(26,27)13-7-2-4-9(18)15(13)21/h2-8H,1H3,(H,23,25). The molecular weight excluding hydrogens is 527 g/mol. The van der Waals surface area contributed by atoms with Crippen molar-refractivity contribution >= 4 is 50.1 Å². The Labute approximate surface area is 177 Å².